The van der Waals surface area contributed by atoms with Gasteiger partial charge in [0, 0.05) is 34.7 Å². The van der Waals surface area contributed by atoms with Gasteiger partial charge in [-0.1, -0.05) is 32.9 Å². The number of carbonyl (C=O) groups excluding carboxylic acids is 2. The average Bonchev–Trinajstić information content (AvgIpc) is 3.99. The van der Waals surface area contributed by atoms with Gasteiger partial charge in [-0.25, -0.2) is 14.8 Å². The number of fused-ring (bicyclic) bond motifs is 6. The lowest BCUT2D eigenvalue weighted by Gasteiger charge is -2.30. The van der Waals surface area contributed by atoms with Gasteiger partial charge in [-0.2, -0.15) is 0 Å². The Balaban J connectivity index is 0.957. The lowest BCUT2D eigenvalue weighted by Crippen LogP contribution is -2.51. The molecule has 13 nitrogen and oxygen atoms in total. The third-order valence-corrected chi connectivity index (χ3v) is 12.4. The van der Waals surface area contributed by atoms with Crippen molar-refractivity contribution in [2.75, 3.05) is 13.7 Å². The molecule has 7 atom stereocenters. The first-order valence-electron chi connectivity index (χ1n) is 19.7. The van der Waals surface area contributed by atoms with Gasteiger partial charge in [0.05, 0.1) is 54.2 Å². The molecule has 0 radical (unpaired) electrons. The summed E-state index contributed by atoms with van der Waals surface area (Å²) >= 11 is 0. The van der Waals surface area contributed by atoms with Gasteiger partial charge in [-0.05, 0) is 86.4 Å². The summed E-state index contributed by atoms with van der Waals surface area (Å²) in [6.45, 7) is 8.67. The predicted molar refractivity (Wildman–Crippen MR) is 210 cm³/mol. The molecule has 4 N–H and O–H groups in total. The molecule has 1 saturated carbocycles. The van der Waals surface area contributed by atoms with Gasteiger partial charge in [-0.3, -0.25) is 9.36 Å². The normalized spacial score (nSPS) is 24.1. The Hall–Kier alpha value is -5.82. The van der Waals surface area contributed by atoms with Crippen molar-refractivity contribution >= 4 is 22.9 Å². The quantitative estimate of drug-likeness (QED) is 0.124. The number of benzene rings is 2. The van der Waals surface area contributed by atoms with Crippen molar-refractivity contribution in [1.82, 2.24) is 40.0 Å². The molecule has 1 aliphatic carbocycles. The van der Waals surface area contributed by atoms with Gasteiger partial charge >= 0.3 is 6.09 Å². The number of methoxy groups -OCH3 is 1. The van der Waals surface area contributed by atoms with E-state index in [1.807, 2.05) is 56.3 Å². The van der Waals surface area contributed by atoms with Crippen LogP contribution in [0.5, 0.6) is 5.75 Å². The minimum atomic E-state index is -0.699. The third-order valence-electron chi connectivity index (χ3n) is 12.4. The van der Waals surface area contributed by atoms with Gasteiger partial charge in [0.25, 0.3) is 0 Å². The van der Waals surface area contributed by atoms with E-state index < -0.39 is 18.4 Å². The summed E-state index contributed by atoms with van der Waals surface area (Å²) < 4.78 is 20.0. The lowest BCUT2D eigenvalue weighted by atomic mass is 10.0. The molecule has 56 heavy (non-hydrogen) atoms. The zero-order valence-corrected chi connectivity index (χ0v) is 32.1. The van der Waals surface area contributed by atoms with Crippen LogP contribution in [0.25, 0.3) is 44.7 Å². The van der Waals surface area contributed by atoms with Crippen LogP contribution in [-0.4, -0.2) is 67.1 Å². The number of nitrogens with one attached hydrogen (secondary N) is 4. The molecular weight excluding hydrogens is 709 g/mol. The number of rotatable bonds is 8. The van der Waals surface area contributed by atoms with E-state index in [9.17, 15) is 9.59 Å². The number of carbonyl (C=O) groups is 2. The molecule has 3 aliphatic heterocycles. The number of aryl methyl sites for hydroxylation is 1. The van der Waals surface area contributed by atoms with E-state index in [-0.39, 0.29) is 23.9 Å². The molecule has 10 rings (SSSR count). The molecule has 4 aromatic heterocycles. The third kappa shape index (κ3) is 5.70. The molecule has 13 heteroatoms. The first kappa shape index (κ1) is 34.7. The van der Waals surface area contributed by atoms with Gasteiger partial charge in [0.15, 0.2) is 5.76 Å². The van der Waals surface area contributed by atoms with Gasteiger partial charge in [0.2, 0.25) is 12.1 Å². The largest absolute Gasteiger partial charge is 0.462 e. The molecule has 2 saturated heterocycles. The average molecular weight is 755 g/mol. The van der Waals surface area contributed by atoms with Crippen molar-refractivity contribution in [1.29, 1.82) is 0 Å². The number of ether oxygens (including phenoxy) is 2. The molecule has 288 valence electrons. The highest BCUT2D eigenvalue weighted by Gasteiger charge is 2.54. The Morgan fingerprint density at radius 2 is 1.75 bits per heavy atom. The monoisotopic (exact) mass is 754 g/mol. The van der Waals surface area contributed by atoms with Gasteiger partial charge in [-0.15, -0.1) is 0 Å². The fraction of sp³-hybridized carbons (Fsp3) is 0.395. The van der Waals surface area contributed by atoms with Crippen LogP contribution in [0.4, 0.5) is 4.79 Å². The molecule has 1 unspecified atom stereocenters. The van der Waals surface area contributed by atoms with Crippen LogP contribution in [0, 0.1) is 24.7 Å². The van der Waals surface area contributed by atoms with E-state index in [1.165, 1.54) is 7.11 Å². The Labute approximate surface area is 324 Å². The number of likely N-dealkylation sites (tertiary alicyclic amines) is 1. The van der Waals surface area contributed by atoms with Crippen molar-refractivity contribution in [3.63, 3.8) is 0 Å². The molecule has 7 heterocycles. The second-order valence-electron chi connectivity index (χ2n) is 16.2. The van der Waals surface area contributed by atoms with Crippen molar-refractivity contribution in [3.8, 4) is 39.5 Å². The number of aromatic amines is 2. The van der Waals surface area contributed by atoms with E-state index in [4.69, 9.17) is 23.9 Å². The summed E-state index contributed by atoms with van der Waals surface area (Å²) in [5, 5.41) is 7.56. The van der Waals surface area contributed by atoms with Crippen LogP contribution in [-0.2, 0) is 9.53 Å². The van der Waals surface area contributed by atoms with E-state index in [2.05, 4.69) is 68.5 Å². The fourth-order valence-corrected chi connectivity index (χ4v) is 9.26. The highest BCUT2D eigenvalue weighted by atomic mass is 16.5. The second kappa shape index (κ2) is 13.1. The van der Waals surface area contributed by atoms with Crippen LogP contribution in [0.1, 0.15) is 81.5 Å². The highest BCUT2D eigenvalue weighted by molar-refractivity contribution is 5.92. The number of alkyl carbamates (subject to hydrolysis) is 1. The Bertz CT molecular complexity index is 2480. The summed E-state index contributed by atoms with van der Waals surface area (Å²) in [6.07, 6.45) is 5.36. The first-order chi connectivity index (χ1) is 27.1. The Kier molecular flexibility index (Phi) is 8.14. The zero-order chi connectivity index (χ0) is 38.4. The number of H-pyrrole nitrogens is 2. The summed E-state index contributed by atoms with van der Waals surface area (Å²) in [6, 6.07) is 18.9. The van der Waals surface area contributed by atoms with E-state index in [0.29, 0.717) is 24.2 Å². The summed E-state index contributed by atoms with van der Waals surface area (Å²) in [7, 11) is 1.30. The standard InChI is InChI=1S/C43H46N8O5/c1-21(2)37(49-43(53)54-5)41(52)50-14-6-7-33(50)40-45-20-31(48-40)25-9-11-27-34-16-26-15-24(30-19-44-39(47-30)29-18-28-23(4)38(28)46-29)10-12-32(26)51(34)42(56-36(27)17-25)35-13-8-22(3)55-35/h8-13,15-17,19-21,23,28-29,33,37-38,42,46H,6-7,14,18H2,1-5H3,(H,44,47)(H,45,48)(H,49,53)/t23-,28+,29+,33+,37+,38-,42?/m1/s1. The van der Waals surface area contributed by atoms with E-state index in [1.54, 1.807) is 0 Å². The fourth-order valence-electron chi connectivity index (χ4n) is 9.26. The van der Waals surface area contributed by atoms with Crippen LogP contribution in [0.15, 0.2) is 71.4 Å². The number of hydrogen-bond acceptors (Lipinski definition) is 8. The Morgan fingerprint density at radius 3 is 2.48 bits per heavy atom. The number of amides is 2. The van der Waals surface area contributed by atoms with Gasteiger partial charge < -0.3 is 39.4 Å². The minimum Gasteiger partial charge on any atom is -0.462 e. The minimum absolute atomic E-state index is 0.113. The highest BCUT2D eigenvalue weighted by Crippen LogP contribution is 2.51. The SMILES string of the molecule is COC(=O)N[C@H](C(=O)N1CCC[C@H]1c1ncc(-c2ccc3c(c2)OC(c2ccc(C)o2)n2c-3cc3cc(-c4cnc([C@@H]5C[C@H]6[C@@H](C)[C@H]6N5)[nH]4)ccc32)[nH]1)C(C)C. The number of piperidine rings is 1. The van der Waals surface area contributed by atoms with Crippen molar-refractivity contribution in [3.05, 3.63) is 90.2 Å². The molecule has 4 aliphatic rings. The Morgan fingerprint density at radius 1 is 0.982 bits per heavy atom. The molecule has 0 bridgehead atoms. The van der Waals surface area contributed by atoms with Crippen molar-refractivity contribution < 1.29 is 23.5 Å². The zero-order valence-electron chi connectivity index (χ0n) is 32.1. The van der Waals surface area contributed by atoms with Crippen LogP contribution in [0.3, 0.4) is 0 Å². The molecule has 2 amide bonds. The maximum Gasteiger partial charge on any atom is 0.407 e. The lowest BCUT2D eigenvalue weighted by molar-refractivity contribution is -0.135. The molecule has 2 aromatic carbocycles. The number of nitrogens with zero attached hydrogens (tertiary/aromatic N) is 4. The van der Waals surface area contributed by atoms with Crippen LogP contribution >= 0.6 is 0 Å². The molecular formula is C43H46N8O5. The summed E-state index contributed by atoms with van der Waals surface area (Å²) in [5.41, 5.74) is 6.85. The van der Waals surface area contributed by atoms with Crippen molar-refractivity contribution in [2.45, 2.75) is 77.4 Å². The smallest absolute Gasteiger partial charge is 0.407 e. The van der Waals surface area contributed by atoms with Crippen LogP contribution in [0.2, 0.25) is 0 Å². The van der Waals surface area contributed by atoms with E-state index in [0.717, 1.165) is 93.1 Å². The molecule has 0 spiro atoms. The van der Waals surface area contributed by atoms with E-state index >= 15 is 0 Å². The second-order valence-corrected chi connectivity index (χ2v) is 16.2. The molecule has 3 fully saturated rings. The summed E-state index contributed by atoms with van der Waals surface area (Å²) in [4.78, 5) is 44.2. The topological polar surface area (TPSA) is 155 Å². The number of imidazole rings is 2. The number of furan rings is 1. The predicted octanol–water partition coefficient (Wildman–Crippen LogP) is 7.64. The summed E-state index contributed by atoms with van der Waals surface area (Å²) in [5.74, 6) is 5.26. The first-order valence-corrected chi connectivity index (χ1v) is 19.7. The molecule has 6 aromatic rings. The number of hydrogen-bond donors (Lipinski definition) is 4. The number of aromatic nitrogens is 5. The van der Waals surface area contributed by atoms with Crippen LogP contribution < -0.4 is 15.4 Å². The maximum absolute atomic E-state index is 13.7. The van der Waals surface area contributed by atoms with Gasteiger partial charge in [0.1, 0.15) is 29.2 Å². The van der Waals surface area contributed by atoms with Crippen molar-refractivity contribution in [2.24, 2.45) is 17.8 Å². The maximum atomic E-state index is 13.7.